The zero-order chi connectivity index (χ0) is 15.2. The van der Waals surface area contributed by atoms with Crippen LogP contribution in [-0.2, 0) is 9.47 Å². The smallest absolute Gasteiger partial charge is 0.0704 e. The molecule has 2 aliphatic rings. The maximum Gasteiger partial charge on any atom is 0.0704 e. The lowest BCUT2D eigenvalue weighted by atomic mass is 10.0. The predicted molar refractivity (Wildman–Crippen MR) is 89.5 cm³/mol. The van der Waals surface area contributed by atoms with Crippen LogP contribution < -0.4 is 4.90 Å². The molecule has 2 fully saturated rings. The highest BCUT2D eigenvalue weighted by molar-refractivity contribution is 5.47. The van der Waals surface area contributed by atoms with E-state index in [2.05, 4.69) is 40.1 Å². The third-order valence-corrected chi connectivity index (χ3v) is 4.92. The van der Waals surface area contributed by atoms with Gasteiger partial charge in [-0.3, -0.25) is 4.90 Å². The molecule has 0 aliphatic carbocycles. The van der Waals surface area contributed by atoms with E-state index in [-0.39, 0.29) is 0 Å². The van der Waals surface area contributed by atoms with E-state index in [1.165, 1.54) is 38.3 Å². The summed E-state index contributed by atoms with van der Waals surface area (Å²) in [5.74, 6) is 0. The molecule has 0 saturated carbocycles. The van der Waals surface area contributed by atoms with Gasteiger partial charge < -0.3 is 14.4 Å². The van der Waals surface area contributed by atoms with Crippen LogP contribution >= 0.6 is 0 Å². The van der Waals surface area contributed by atoms with Gasteiger partial charge in [0.25, 0.3) is 0 Å². The second-order valence-corrected chi connectivity index (χ2v) is 6.32. The van der Waals surface area contributed by atoms with Gasteiger partial charge in [-0.05, 0) is 31.4 Å². The van der Waals surface area contributed by atoms with Crippen LogP contribution in [0.2, 0.25) is 0 Å². The lowest BCUT2D eigenvalue weighted by Crippen LogP contribution is -2.44. The molecule has 1 aromatic carbocycles. The summed E-state index contributed by atoms with van der Waals surface area (Å²) in [6.45, 7) is 6.12. The molecule has 2 saturated heterocycles. The van der Waals surface area contributed by atoms with Crippen LogP contribution in [0.5, 0.6) is 0 Å². The molecule has 4 nitrogen and oxygen atoms in total. The van der Waals surface area contributed by atoms with Gasteiger partial charge in [0.1, 0.15) is 0 Å². The Labute approximate surface area is 134 Å². The van der Waals surface area contributed by atoms with Crippen LogP contribution in [-0.4, -0.2) is 63.5 Å². The summed E-state index contributed by atoms with van der Waals surface area (Å²) in [6.07, 6.45) is 4.03. The van der Waals surface area contributed by atoms with Gasteiger partial charge in [0.2, 0.25) is 0 Å². The van der Waals surface area contributed by atoms with E-state index in [1.54, 1.807) is 7.11 Å². The topological polar surface area (TPSA) is 24.9 Å². The number of piperidine rings is 1. The molecule has 0 radical (unpaired) electrons. The molecule has 0 N–H and O–H groups in total. The molecular weight excluding hydrogens is 276 g/mol. The van der Waals surface area contributed by atoms with Crippen molar-refractivity contribution in [2.45, 2.75) is 31.4 Å². The van der Waals surface area contributed by atoms with Crippen LogP contribution in [0.1, 0.15) is 19.3 Å². The highest BCUT2D eigenvalue weighted by Crippen LogP contribution is 2.25. The normalized spacial score (nSPS) is 24.0. The van der Waals surface area contributed by atoms with Crippen molar-refractivity contribution in [3.05, 3.63) is 30.3 Å². The van der Waals surface area contributed by atoms with Crippen molar-refractivity contribution in [3.8, 4) is 0 Å². The van der Waals surface area contributed by atoms with E-state index >= 15 is 0 Å². The minimum absolute atomic E-state index is 0.429. The second kappa shape index (κ2) is 7.95. The molecule has 2 heterocycles. The highest BCUT2D eigenvalue weighted by atomic mass is 16.5. The molecule has 0 bridgehead atoms. The van der Waals surface area contributed by atoms with Crippen molar-refractivity contribution in [1.29, 1.82) is 0 Å². The number of methoxy groups -OCH3 is 1. The Bertz CT molecular complexity index is 432. The first-order valence-corrected chi connectivity index (χ1v) is 8.51. The quantitative estimate of drug-likeness (QED) is 0.754. The summed E-state index contributed by atoms with van der Waals surface area (Å²) in [5.41, 5.74) is 1.36. The van der Waals surface area contributed by atoms with Crippen molar-refractivity contribution >= 4 is 5.69 Å². The van der Waals surface area contributed by atoms with Crippen LogP contribution in [0.25, 0.3) is 0 Å². The van der Waals surface area contributed by atoms with Gasteiger partial charge in [0.05, 0.1) is 19.3 Å². The van der Waals surface area contributed by atoms with E-state index in [9.17, 15) is 0 Å². The predicted octanol–water partition coefficient (Wildman–Crippen LogP) is 2.39. The Morgan fingerprint density at radius 2 is 1.77 bits per heavy atom. The number of hydrogen-bond donors (Lipinski definition) is 0. The minimum Gasteiger partial charge on any atom is -0.382 e. The van der Waals surface area contributed by atoms with E-state index in [4.69, 9.17) is 9.47 Å². The summed E-state index contributed by atoms with van der Waals surface area (Å²) >= 11 is 0. The van der Waals surface area contributed by atoms with Gasteiger partial charge in [-0.1, -0.05) is 18.2 Å². The first kappa shape index (κ1) is 15.8. The molecule has 4 heteroatoms. The minimum atomic E-state index is 0.429. The maximum absolute atomic E-state index is 5.86. The number of para-hydroxylation sites is 1. The van der Waals surface area contributed by atoms with E-state index < -0.39 is 0 Å². The molecule has 1 atom stereocenters. The lowest BCUT2D eigenvalue weighted by Gasteiger charge is -2.36. The molecule has 1 aromatic rings. The van der Waals surface area contributed by atoms with Crippen molar-refractivity contribution in [2.75, 3.05) is 51.4 Å². The number of anilines is 1. The number of rotatable bonds is 6. The van der Waals surface area contributed by atoms with Crippen LogP contribution in [0.3, 0.4) is 0 Å². The SMILES string of the molecule is COCCOC1CCN([C@H]2CCN(c3ccccc3)C2)CC1. The average Bonchev–Trinajstić information content (AvgIpc) is 3.07. The van der Waals surface area contributed by atoms with E-state index in [0.717, 1.165) is 19.4 Å². The fraction of sp³-hybridized carbons (Fsp3) is 0.667. The molecule has 3 rings (SSSR count). The first-order valence-electron chi connectivity index (χ1n) is 8.51. The Balaban J connectivity index is 1.43. The largest absolute Gasteiger partial charge is 0.382 e. The molecule has 0 unspecified atom stereocenters. The van der Waals surface area contributed by atoms with Gasteiger partial charge in [-0.25, -0.2) is 0 Å². The van der Waals surface area contributed by atoms with Gasteiger partial charge in [0, 0.05) is 45.0 Å². The molecular formula is C18H28N2O2. The third kappa shape index (κ3) is 4.00. The summed E-state index contributed by atoms with van der Waals surface area (Å²) in [4.78, 5) is 5.19. The number of ether oxygens (including phenoxy) is 2. The second-order valence-electron chi connectivity index (χ2n) is 6.32. The Morgan fingerprint density at radius 1 is 1.00 bits per heavy atom. The monoisotopic (exact) mass is 304 g/mol. The zero-order valence-corrected chi connectivity index (χ0v) is 13.6. The highest BCUT2D eigenvalue weighted by Gasteiger charge is 2.30. The van der Waals surface area contributed by atoms with Crippen molar-refractivity contribution in [1.82, 2.24) is 4.90 Å². The number of likely N-dealkylation sites (tertiary alicyclic amines) is 1. The molecule has 0 aromatic heterocycles. The maximum atomic E-state index is 5.86. The van der Waals surface area contributed by atoms with Gasteiger partial charge in [0.15, 0.2) is 0 Å². The zero-order valence-electron chi connectivity index (χ0n) is 13.6. The Hall–Kier alpha value is -1.10. The van der Waals surface area contributed by atoms with Gasteiger partial charge >= 0.3 is 0 Å². The lowest BCUT2D eigenvalue weighted by molar-refractivity contribution is -0.0198. The number of benzene rings is 1. The molecule has 0 spiro atoms. The van der Waals surface area contributed by atoms with Gasteiger partial charge in [-0.15, -0.1) is 0 Å². The number of nitrogens with zero attached hydrogens (tertiary/aromatic N) is 2. The van der Waals surface area contributed by atoms with Crippen LogP contribution in [0.15, 0.2) is 30.3 Å². The first-order chi connectivity index (χ1) is 10.9. The van der Waals surface area contributed by atoms with Crippen molar-refractivity contribution in [3.63, 3.8) is 0 Å². The Morgan fingerprint density at radius 3 is 2.50 bits per heavy atom. The summed E-state index contributed by atoms with van der Waals surface area (Å²) in [7, 11) is 1.73. The van der Waals surface area contributed by atoms with Crippen LogP contribution in [0.4, 0.5) is 5.69 Å². The molecule has 122 valence electrons. The van der Waals surface area contributed by atoms with Crippen molar-refractivity contribution < 1.29 is 9.47 Å². The fourth-order valence-electron chi connectivity index (χ4n) is 3.62. The number of hydrogen-bond acceptors (Lipinski definition) is 4. The standard InChI is InChI=1S/C18H28N2O2/c1-21-13-14-22-18-8-11-19(12-9-18)17-7-10-20(15-17)16-5-3-2-4-6-16/h2-6,17-18H,7-15H2,1H3/t17-/m0/s1. The summed E-state index contributed by atoms with van der Waals surface area (Å²) in [6, 6.07) is 11.5. The Kier molecular flexibility index (Phi) is 5.70. The third-order valence-electron chi connectivity index (χ3n) is 4.92. The molecule has 0 amide bonds. The summed E-state index contributed by atoms with van der Waals surface area (Å²) < 4.78 is 10.9. The van der Waals surface area contributed by atoms with E-state index in [0.29, 0.717) is 18.8 Å². The molecule has 22 heavy (non-hydrogen) atoms. The average molecular weight is 304 g/mol. The van der Waals surface area contributed by atoms with Gasteiger partial charge in [-0.2, -0.15) is 0 Å². The fourth-order valence-corrected chi connectivity index (χ4v) is 3.62. The summed E-state index contributed by atoms with van der Waals surface area (Å²) in [5, 5.41) is 0. The molecule has 2 aliphatic heterocycles. The van der Waals surface area contributed by atoms with Crippen molar-refractivity contribution in [2.24, 2.45) is 0 Å². The van der Waals surface area contributed by atoms with E-state index in [1.807, 2.05) is 0 Å². The van der Waals surface area contributed by atoms with Crippen LogP contribution in [0, 0.1) is 0 Å².